The van der Waals surface area contributed by atoms with E-state index in [0.29, 0.717) is 23.0 Å². The number of nitrogens with zero attached hydrogens (tertiary/aromatic N) is 5. The molecule has 0 saturated carbocycles. The van der Waals surface area contributed by atoms with Crippen molar-refractivity contribution in [3.05, 3.63) is 71.7 Å². The number of imidazole rings is 1. The van der Waals surface area contributed by atoms with E-state index in [9.17, 15) is 4.39 Å². The number of hydrogen-bond donors (Lipinski definition) is 0. The first-order chi connectivity index (χ1) is 12.2. The van der Waals surface area contributed by atoms with Crippen molar-refractivity contribution in [3.8, 4) is 28.3 Å². The summed E-state index contributed by atoms with van der Waals surface area (Å²) in [5, 5.41) is 4.94. The minimum absolute atomic E-state index is 0.313. The van der Waals surface area contributed by atoms with Crippen molar-refractivity contribution in [3.63, 3.8) is 0 Å². The smallest absolute Gasteiger partial charge is 0.160 e. The Kier molecular flexibility index (Phi) is 3.02. The predicted octanol–water partition coefficient (Wildman–Crippen LogP) is 3.95. The molecule has 4 aromatic rings. The van der Waals surface area contributed by atoms with Crippen LogP contribution >= 0.6 is 11.6 Å². The summed E-state index contributed by atoms with van der Waals surface area (Å²) in [6.45, 7) is 0.480. The van der Waals surface area contributed by atoms with Crippen molar-refractivity contribution < 1.29 is 4.39 Å². The second-order valence-corrected chi connectivity index (χ2v) is 6.26. The molecule has 1 aliphatic rings. The van der Waals surface area contributed by atoms with Gasteiger partial charge in [-0.2, -0.15) is 5.10 Å². The van der Waals surface area contributed by atoms with Crippen molar-refractivity contribution in [1.29, 1.82) is 0 Å². The summed E-state index contributed by atoms with van der Waals surface area (Å²) in [5.41, 5.74) is 4.20. The summed E-state index contributed by atoms with van der Waals surface area (Å²) in [6, 6.07) is 12.2. The molecular formula is C18H11ClFN5. The van der Waals surface area contributed by atoms with Crippen molar-refractivity contribution in [2.75, 3.05) is 0 Å². The van der Waals surface area contributed by atoms with Gasteiger partial charge in [0.05, 0.1) is 23.6 Å². The number of fused-ring (bicyclic) bond motifs is 5. The number of halogens is 2. The zero-order valence-electron chi connectivity index (χ0n) is 12.9. The van der Waals surface area contributed by atoms with Crippen LogP contribution < -0.4 is 0 Å². The average molecular weight is 352 g/mol. The Morgan fingerprint density at radius 1 is 1.08 bits per heavy atom. The van der Waals surface area contributed by atoms with Crippen LogP contribution in [0.2, 0.25) is 5.02 Å². The van der Waals surface area contributed by atoms with Gasteiger partial charge < -0.3 is 0 Å². The van der Waals surface area contributed by atoms with Crippen LogP contribution in [0.1, 0.15) is 5.69 Å². The Morgan fingerprint density at radius 2 is 2.00 bits per heavy atom. The van der Waals surface area contributed by atoms with Crippen molar-refractivity contribution in [2.24, 2.45) is 0 Å². The normalized spacial score (nSPS) is 12.2. The molecular weight excluding hydrogens is 341 g/mol. The fourth-order valence-corrected chi connectivity index (χ4v) is 3.43. The van der Waals surface area contributed by atoms with Gasteiger partial charge in [-0.25, -0.2) is 19.0 Å². The summed E-state index contributed by atoms with van der Waals surface area (Å²) in [4.78, 5) is 8.89. The first-order valence-electron chi connectivity index (χ1n) is 7.71. The Morgan fingerprint density at radius 3 is 2.88 bits per heavy atom. The molecule has 5 rings (SSSR count). The van der Waals surface area contributed by atoms with E-state index in [4.69, 9.17) is 11.6 Å². The molecule has 7 heteroatoms. The maximum Gasteiger partial charge on any atom is 0.160 e. The minimum atomic E-state index is -0.313. The monoisotopic (exact) mass is 351 g/mol. The van der Waals surface area contributed by atoms with Crippen LogP contribution in [0, 0.1) is 5.82 Å². The van der Waals surface area contributed by atoms with Crippen LogP contribution in [0.3, 0.4) is 0 Å². The van der Waals surface area contributed by atoms with Crippen LogP contribution in [0.5, 0.6) is 0 Å². The molecule has 0 aliphatic carbocycles. The third-order valence-electron chi connectivity index (χ3n) is 4.34. The van der Waals surface area contributed by atoms with Crippen molar-refractivity contribution in [1.82, 2.24) is 24.3 Å². The highest BCUT2D eigenvalue weighted by atomic mass is 35.5. The lowest BCUT2D eigenvalue weighted by Crippen LogP contribution is -2.05. The van der Waals surface area contributed by atoms with E-state index in [2.05, 4.69) is 15.1 Å². The molecule has 0 atom stereocenters. The van der Waals surface area contributed by atoms with Crippen molar-refractivity contribution >= 4 is 11.6 Å². The van der Waals surface area contributed by atoms with Crippen LogP contribution in [-0.2, 0) is 6.54 Å². The fourth-order valence-electron chi connectivity index (χ4n) is 3.24. The van der Waals surface area contributed by atoms with Gasteiger partial charge in [-0.3, -0.25) is 4.57 Å². The van der Waals surface area contributed by atoms with Gasteiger partial charge in [-0.05, 0) is 30.3 Å². The lowest BCUT2D eigenvalue weighted by molar-refractivity contribution is 0.627. The molecule has 0 bridgehead atoms. The molecule has 2 aromatic heterocycles. The first-order valence-corrected chi connectivity index (χ1v) is 8.09. The van der Waals surface area contributed by atoms with Crippen LogP contribution in [-0.4, -0.2) is 24.3 Å². The fraction of sp³-hybridized carbons (Fsp3) is 0.0556. The van der Waals surface area contributed by atoms with Gasteiger partial charge in [0.25, 0.3) is 0 Å². The maximum atomic E-state index is 13.8. The van der Waals surface area contributed by atoms with E-state index in [1.54, 1.807) is 17.1 Å². The Labute approximate surface area is 147 Å². The van der Waals surface area contributed by atoms with Gasteiger partial charge in [0, 0.05) is 16.1 Å². The second-order valence-electron chi connectivity index (χ2n) is 5.82. The standard InChI is InChI=1S/C18H11ClFN5/c19-12-3-1-2-11(6-12)17-16-8-25-18(21-9-23-25)14-7-13(20)4-5-15(14)24(16)10-22-17/h1-7,9-10H,8H2. The lowest BCUT2D eigenvalue weighted by Gasteiger charge is -2.09. The third-order valence-corrected chi connectivity index (χ3v) is 4.57. The SMILES string of the molecule is Fc1ccc2c(c1)-c1ncnn1Cc1c(-c3cccc(Cl)c3)ncn1-2. The van der Waals surface area contributed by atoms with E-state index in [1.807, 2.05) is 28.8 Å². The number of benzene rings is 2. The molecule has 0 unspecified atom stereocenters. The zero-order chi connectivity index (χ0) is 17.0. The average Bonchev–Trinajstić information content (AvgIpc) is 3.20. The lowest BCUT2D eigenvalue weighted by atomic mass is 10.1. The predicted molar refractivity (Wildman–Crippen MR) is 92.1 cm³/mol. The van der Waals surface area contributed by atoms with E-state index < -0.39 is 0 Å². The van der Waals surface area contributed by atoms with Gasteiger partial charge in [0.2, 0.25) is 0 Å². The molecule has 0 amide bonds. The van der Waals surface area contributed by atoms with Gasteiger partial charge in [0.1, 0.15) is 18.5 Å². The van der Waals surface area contributed by atoms with Crippen molar-refractivity contribution in [2.45, 2.75) is 6.54 Å². The molecule has 0 saturated heterocycles. The zero-order valence-corrected chi connectivity index (χ0v) is 13.7. The van der Waals surface area contributed by atoms with Crippen LogP contribution in [0.15, 0.2) is 55.1 Å². The topological polar surface area (TPSA) is 48.5 Å². The molecule has 25 heavy (non-hydrogen) atoms. The number of rotatable bonds is 1. The van der Waals surface area contributed by atoms with Crippen LogP contribution in [0.25, 0.3) is 28.3 Å². The molecule has 0 N–H and O–H groups in total. The Hall–Kier alpha value is -2.99. The second kappa shape index (κ2) is 5.26. The highest BCUT2D eigenvalue weighted by Gasteiger charge is 2.24. The summed E-state index contributed by atoms with van der Waals surface area (Å²) in [7, 11) is 0. The highest BCUT2D eigenvalue weighted by Crippen LogP contribution is 2.34. The number of aromatic nitrogens is 5. The largest absolute Gasteiger partial charge is 0.300 e. The van der Waals surface area contributed by atoms with Gasteiger partial charge >= 0.3 is 0 Å². The summed E-state index contributed by atoms with van der Waals surface area (Å²) >= 11 is 6.14. The first kappa shape index (κ1) is 14.4. The molecule has 0 radical (unpaired) electrons. The van der Waals surface area contributed by atoms with E-state index in [1.165, 1.54) is 18.5 Å². The van der Waals surface area contributed by atoms with Gasteiger partial charge in [-0.1, -0.05) is 23.7 Å². The van der Waals surface area contributed by atoms with E-state index in [-0.39, 0.29) is 5.82 Å². The molecule has 2 aromatic carbocycles. The quantitative estimate of drug-likeness (QED) is 0.459. The highest BCUT2D eigenvalue weighted by molar-refractivity contribution is 6.30. The number of hydrogen-bond acceptors (Lipinski definition) is 3. The summed E-state index contributed by atoms with van der Waals surface area (Å²) in [6.07, 6.45) is 3.23. The van der Waals surface area contributed by atoms with E-state index >= 15 is 0 Å². The van der Waals surface area contributed by atoms with Gasteiger partial charge in [0.15, 0.2) is 5.82 Å². The van der Waals surface area contributed by atoms with Crippen LogP contribution in [0.4, 0.5) is 4.39 Å². The molecule has 3 heterocycles. The Bertz CT molecular complexity index is 1110. The molecule has 0 spiro atoms. The molecule has 0 fully saturated rings. The molecule has 122 valence electrons. The Balaban J connectivity index is 1.80. The van der Waals surface area contributed by atoms with E-state index in [0.717, 1.165) is 22.6 Å². The summed E-state index contributed by atoms with van der Waals surface area (Å²) in [5.74, 6) is 0.321. The maximum absolute atomic E-state index is 13.8. The molecule has 1 aliphatic heterocycles. The summed E-state index contributed by atoms with van der Waals surface area (Å²) < 4.78 is 17.5. The van der Waals surface area contributed by atoms with Gasteiger partial charge in [-0.15, -0.1) is 0 Å². The minimum Gasteiger partial charge on any atom is -0.300 e. The third kappa shape index (κ3) is 2.18. The molecule has 5 nitrogen and oxygen atoms in total.